The molecular formula is C20H37NO3. The maximum atomic E-state index is 11.3. The van der Waals surface area contributed by atoms with Crippen molar-refractivity contribution in [2.75, 3.05) is 13.2 Å². The van der Waals surface area contributed by atoms with E-state index in [9.17, 15) is 9.90 Å². The van der Waals surface area contributed by atoms with Crippen LogP contribution in [-0.2, 0) is 4.79 Å². The standard InChI is InChI=1S/C20H37NO3/c1-2-3-4-5-8-11-14-19(23)15-12-9-6-7-10-13-16-20(24)21-17-18-22/h3-4,8,11,19,22-23H,2,5-7,9-10,12-18H2,1H3,(H,21,24)/b4-3-,11-8-. The van der Waals surface area contributed by atoms with Crippen LogP contribution in [0.2, 0.25) is 0 Å². The minimum Gasteiger partial charge on any atom is -0.395 e. The summed E-state index contributed by atoms with van der Waals surface area (Å²) in [6.07, 6.45) is 19.0. The first kappa shape index (κ1) is 22.9. The van der Waals surface area contributed by atoms with Gasteiger partial charge < -0.3 is 15.5 Å². The molecule has 1 amide bonds. The Hall–Kier alpha value is -1.13. The molecule has 0 rings (SSSR count). The van der Waals surface area contributed by atoms with Gasteiger partial charge in [-0.25, -0.2) is 0 Å². The Morgan fingerprint density at radius 2 is 1.67 bits per heavy atom. The van der Waals surface area contributed by atoms with E-state index < -0.39 is 0 Å². The summed E-state index contributed by atoms with van der Waals surface area (Å²) in [6, 6.07) is 0. The second-order valence-corrected chi connectivity index (χ2v) is 6.21. The quantitative estimate of drug-likeness (QED) is 0.295. The fraction of sp³-hybridized carbons (Fsp3) is 0.750. The highest BCUT2D eigenvalue weighted by atomic mass is 16.3. The summed E-state index contributed by atoms with van der Waals surface area (Å²) in [6.45, 7) is 2.48. The molecule has 0 fully saturated rings. The molecule has 1 unspecified atom stereocenters. The van der Waals surface area contributed by atoms with Crippen LogP contribution in [0.1, 0.15) is 77.6 Å². The SMILES string of the molecule is CC/C=C\C/C=C\CC(O)CCCCCCCCC(=O)NCCO. The number of amides is 1. The maximum absolute atomic E-state index is 11.3. The molecule has 0 aromatic rings. The second-order valence-electron chi connectivity index (χ2n) is 6.21. The highest BCUT2D eigenvalue weighted by Gasteiger charge is 2.02. The molecule has 4 nitrogen and oxygen atoms in total. The normalized spacial score (nSPS) is 13.0. The Morgan fingerprint density at radius 3 is 2.38 bits per heavy atom. The molecule has 0 heterocycles. The third-order valence-corrected chi connectivity index (χ3v) is 3.87. The first-order valence-corrected chi connectivity index (χ1v) is 9.56. The van der Waals surface area contributed by atoms with Crippen LogP contribution < -0.4 is 5.32 Å². The minimum atomic E-state index is -0.216. The molecule has 0 bridgehead atoms. The maximum Gasteiger partial charge on any atom is 0.220 e. The molecule has 0 aliphatic heterocycles. The highest BCUT2D eigenvalue weighted by Crippen LogP contribution is 2.11. The van der Waals surface area contributed by atoms with Crippen LogP contribution in [0.3, 0.4) is 0 Å². The summed E-state index contributed by atoms with van der Waals surface area (Å²) < 4.78 is 0. The van der Waals surface area contributed by atoms with Gasteiger partial charge in [0.2, 0.25) is 5.91 Å². The molecule has 0 aromatic heterocycles. The minimum absolute atomic E-state index is 0.00326. The molecule has 140 valence electrons. The van der Waals surface area contributed by atoms with Crippen molar-refractivity contribution in [1.29, 1.82) is 0 Å². The summed E-state index contributed by atoms with van der Waals surface area (Å²) in [7, 11) is 0. The number of nitrogens with one attached hydrogen (secondary N) is 1. The van der Waals surface area contributed by atoms with Crippen molar-refractivity contribution in [3.63, 3.8) is 0 Å². The summed E-state index contributed by atoms with van der Waals surface area (Å²) >= 11 is 0. The number of hydrogen-bond acceptors (Lipinski definition) is 3. The van der Waals surface area contributed by atoms with E-state index in [0.717, 1.165) is 57.8 Å². The van der Waals surface area contributed by atoms with Gasteiger partial charge in [0.15, 0.2) is 0 Å². The van der Waals surface area contributed by atoms with Crippen molar-refractivity contribution in [3.8, 4) is 0 Å². The van der Waals surface area contributed by atoms with Crippen LogP contribution in [0.25, 0.3) is 0 Å². The molecular weight excluding hydrogens is 302 g/mol. The molecule has 0 aromatic carbocycles. The lowest BCUT2D eigenvalue weighted by Gasteiger charge is -2.07. The molecule has 0 saturated carbocycles. The van der Waals surface area contributed by atoms with E-state index in [1.54, 1.807) is 0 Å². The molecule has 1 atom stereocenters. The van der Waals surface area contributed by atoms with Gasteiger partial charge in [-0.15, -0.1) is 0 Å². The fourth-order valence-corrected chi connectivity index (χ4v) is 2.47. The second kappa shape index (κ2) is 18.2. The summed E-state index contributed by atoms with van der Waals surface area (Å²) in [5.74, 6) is 0.0328. The lowest BCUT2D eigenvalue weighted by Crippen LogP contribution is -2.25. The van der Waals surface area contributed by atoms with E-state index >= 15 is 0 Å². The predicted molar refractivity (Wildman–Crippen MR) is 101 cm³/mol. The molecule has 0 spiro atoms. The zero-order valence-corrected chi connectivity index (χ0v) is 15.4. The number of rotatable bonds is 16. The zero-order valence-electron chi connectivity index (χ0n) is 15.4. The Bertz CT molecular complexity index is 340. The molecule has 0 aliphatic rings. The van der Waals surface area contributed by atoms with Crippen LogP contribution >= 0.6 is 0 Å². The van der Waals surface area contributed by atoms with E-state index in [4.69, 9.17) is 5.11 Å². The Labute approximate surface area is 148 Å². The third-order valence-electron chi connectivity index (χ3n) is 3.87. The summed E-state index contributed by atoms with van der Waals surface area (Å²) in [4.78, 5) is 11.3. The highest BCUT2D eigenvalue weighted by molar-refractivity contribution is 5.75. The number of carbonyl (C=O) groups is 1. The predicted octanol–water partition coefficient (Wildman–Crippen LogP) is 3.88. The first-order valence-electron chi connectivity index (χ1n) is 9.56. The number of carbonyl (C=O) groups excluding carboxylic acids is 1. The topological polar surface area (TPSA) is 69.6 Å². The van der Waals surface area contributed by atoms with Crippen LogP contribution in [0.15, 0.2) is 24.3 Å². The number of hydrogen-bond donors (Lipinski definition) is 3. The van der Waals surface area contributed by atoms with Gasteiger partial charge in [0.25, 0.3) is 0 Å². The summed E-state index contributed by atoms with van der Waals surface area (Å²) in [5.41, 5.74) is 0. The van der Waals surface area contributed by atoms with Gasteiger partial charge in [0.1, 0.15) is 0 Å². The van der Waals surface area contributed by atoms with Gasteiger partial charge in [-0.3, -0.25) is 4.79 Å². The average Bonchev–Trinajstić information content (AvgIpc) is 2.58. The Kier molecular flexibility index (Phi) is 17.4. The van der Waals surface area contributed by atoms with Gasteiger partial charge in [-0.1, -0.05) is 63.3 Å². The molecule has 0 radical (unpaired) electrons. The van der Waals surface area contributed by atoms with Crippen LogP contribution in [0, 0.1) is 0 Å². The van der Waals surface area contributed by atoms with Crippen molar-refractivity contribution in [2.45, 2.75) is 83.7 Å². The summed E-state index contributed by atoms with van der Waals surface area (Å²) in [5, 5.41) is 21.2. The van der Waals surface area contributed by atoms with Crippen molar-refractivity contribution >= 4 is 5.91 Å². The van der Waals surface area contributed by atoms with Crippen molar-refractivity contribution in [2.24, 2.45) is 0 Å². The zero-order chi connectivity index (χ0) is 17.9. The third kappa shape index (κ3) is 17.2. The number of unbranched alkanes of at least 4 members (excludes halogenated alkanes) is 5. The van der Waals surface area contributed by atoms with Crippen molar-refractivity contribution in [1.82, 2.24) is 5.32 Å². The van der Waals surface area contributed by atoms with Gasteiger partial charge in [0.05, 0.1) is 12.7 Å². The van der Waals surface area contributed by atoms with E-state index in [0.29, 0.717) is 13.0 Å². The number of aliphatic hydroxyl groups excluding tert-OH is 2. The van der Waals surface area contributed by atoms with Gasteiger partial charge in [0, 0.05) is 13.0 Å². The molecule has 0 saturated heterocycles. The number of aliphatic hydroxyl groups is 2. The fourth-order valence-electron chi connectivity index (χ4n) is 2.47. The molecule has 3 N–H and O–H groups in total. The molecule has 24 heavy (non-hydrogen) atoms. The van der Waals surface area contributed by atoms with Crippen LogP contribution in [0.5, 0.6) is 0 Å². The first-order chi connectivity index (χ1) is 11.7. The van der Waals surface area contributed by atoms with Gasteiger partial charge in [-0.2, -0.15) is 0 Å². The van der Waals surface area contributed by atoms with Gasteiger partial charge >= 0.3 is 0 Å². The average molecular weight is 340 g/mol. The Morgan fingerprint density at radius 1 is 1.00 bits per heavy atom. The van der Waals surface area contributed by atoms with Gasteiger partial charge in [-0.05, 0) is 32.1 Å². The van der Waals surface area contributed by atoms with Crippen molar-refractivity contribution in [3.05, 3.63) is 24.3 Å². The van der Waals surface area contributed by atoms with Crippen molar-refractivity contribution < 1.29 is 15.0 Å². The lowest BCUT2D eigenvalue weighted by atomic mass is 10.0. The number of allylic oxidation sites excluding steroid dienone is 3. The largest absolute Gasteiger partial charge is 0.395 e. The van der Waals surface area contributed by atoms with Crippen LogP contribution in [-0.4, -0.2) is 35.4 Å². The molecule has 0 aliphatic carbocycles. The van der Waals surface area contributed by atoms with E-state index in [-0.39, 0.29) is 18.6 Å². The van der Waals surface area contributed by atoms with E-state index in [1.165, 1.54) is 6.42 Å². The Balaban J connectivity index is 3.34. The van der Waals surface area contributed by atoms with E-state index in [2.05, 4.69) is 36.5 Å². The van der Waals surface area contributed by atoms with Crippen LogP contribution in [0.4, 0.5) is 0 Å². The monoisotopic (exact) mass is 339 g/mol. The smallest absolute Gasteiger partial charge is 0.220 e. The lowest BCUT2D eigenvalue weighted by molar-refractivity contribution is -0.121. The molecule has 4 heteroatoms. The van der Waals surface area contributed by atoms with E-state index in [1.807, 2.05) is 0 Å².